The predicted molar refractivity (Wildman–Crippen MR) is 81.3 cm³/mol. The Labute approximate surface area is 121 Å². The summed E-state index contributed by atoms with van der Waals surface area (Å²) in [6.45, 7) is 9.36. The van der Waals surface area contributed by atoms with Crippen molar-refractivity contribution in [2.24, 2.45) is 0 Å². The first-order chi connectivity index (χ1) is 9.60. The van der Waals surface area contributed by atoms with Crippen LogP contribution in [-0.2, 0) is 4.79 Å². The first kappa shape index (κ1) is 14.7. The van der Waals surface area contributed by atoms with Crippen LogP contribution < -0.4 is 9.64 Å². The van der Waals surface area contributed by atoms with Gasteiger partial charge in [-0.1, -0.05) is 13.0 Å². The van der Waals surface area contributed by atoms with Crippen LogP contribution in [0.15, 0.2) is 24.3 Å². The van der Waals surface area contributed by atoms with Gasteiger partial charge in [-0.05, 0) is 26.0 Å². The van der Waals surface area contributed by atoms with E-state index < -0.39 is 0 Å². The Hall–Kier alpha value is -1.71. The van der Waals surface area contributed by atoms with Crippen LogP contribution in [0.5, 0.6) is 5.75 Å². The zero-order valence-electron chi connectivity index (χ0n) is 12.6. The van der Waals surface area contributed by atoms with Crippen LogP contribution in [0.4, 0.5) is 5.69 Å². The van der Waals surface area contributed by atoms with Crippen LogP contribution in [-0.4, -0.2) is 43.1 Å². The lowest BCUT2D eigenvalue weighted by Crippen LogP contribution is -2.48. The molecule has 0 N–H and O–H groups in total. The first-order valence-corrected chi connectivity index (χ1v) is 7.39. The molecule has 0 bridgehead atoms. The highest BCUT2D eigenvalue weighted by atomic mass is 16.5. The summed E-state index contributed by atoms with van der Waals surface area (Å²) in [6, 6.07) is 8.19. The van der Waals surface area contributed by atoms with Gasteiger partial charge in [0.15, 0.2) is 0 Å². The molecule has 4 heteroatoms. The van der Waals surface area contributed by atoms with E-state index in [1.165, 1.54) is 5.69 Å². The zero-order valence-corrected chi connectivity index (χ0v) is 12.6. The maximum atomic E-state index is 11.7. The molecule has 4 nitrogen and oxygen atoms in total. The largest absolute Gasteiger partial charge is 0.491 e. The molecule has 0 atom stereocenters. The highest BCUT2D eigenvalue weighted by Gasteiger charge is 2.20. The highest BCUT2D eigenvalue weighted by molar-refractivity contribution is 5.76. The number of hydrogen-bond acceptors (Lipinski definition) is 3. The van der Waals surface area contributed by atoms with Crippen molar-refractivity contribution in [3.63, 3.8) is 0 Å². The van der Waals surface area contributed by atoms with E-state index in [1.807, 2.05) is 37.8 Å². The third kappa shape index (κ3) is 3.65. The number of rotatable bonds is 4. The SMILES string of the molecule is CCC(=O)N1CCN(c2cccc(OC(C)C)c2)CC1. The van der Waals surface area contributed by atoms with Gasteiger partial charge in [-0.3, -0.25) is 4.79 Å². The molecule has 0 aromatic heterocycles. The molecule has 20 heavy (non-hydrogen) atoms. The minimum Gasteiger partial charge on any atom is -0.491 e. The maximum Gasteiger partial charge on any atom is 0.222 e. The summed E-state index contributed by atoms with van der Waals surface area (Å²) in [7, 11) is 0. The number of carbonyl (C=O) groups excluding carboxylic acids is 1. The van der Waals surface area contributed by atoms with Gasteiger partial charge in [0.2, 0.25) is 5.91 Å². The van der Waals surface area contributed by atoms with E-state index in [9.17, 15) is 4.79 Å². The zero-order chi connectivity index (χ0) is 14.5. The van der Waals surface area contributed by atoms with Gasteiger partial charge in [0.05, 0.1) is 6.10 Å². The van der Waals surface area contributed by atoms with Crippen LogP contribution in [0.2, 0.25) is 0 Å². The van der Waals surface area contributed by atoms with Gasteiger partial charge in [0.1, 0.15) is 5.75 Å². The molecule has 1 aromatic carbocycles. The molecule has 1 aliphatic rings. The van der Waals surface area contributed by atoms with Gasteiger partial charge < -0.3 is 14.5 Å². The van der Waals surface area contributed by atoms with Crippen molar-refractivity contribution < 1.29 is 9.53 Å². The van der Waals surface area contributed by atoms with Crippen LogP contribution >= 0.6 is 0 Å². The van der Waals surface area contributed by atoms with Crippen LogP contribution in [0, 0.1) is 0 Å². The summed E-state index contributed by atoms with van der Waals surface area (Å²) in [4.78, 5) is 15.9. The van der Waals surface area contributed by atoms with Crippen molar-refractivity contribution in [2.45, 2.75) is 33.3 Å². The van der Waals surface area contributed by atoms with Crippen LogP contribution in [0.1, 0.15) is 27.2 Å². The van der Waals surface area contributed by atoms with Crippen molar-refractivity contribution in [1.82, 2.24) is 4.90 Å². The highest BCUT2D eigenvalue weighted by Crippen LogP contribution is 2.23. The van der Waals surface area contributed by atoms with Crippen molar-refractivity contribution in [3.8, 4) is 5.75 Å². The molecule has 0 unspecified atom stereocenters. The van der Waals surface area contributed by atoms with Gasteiger partial charge in [0.25, 0.3) is 0 Å². The normalized spacial score (nSPS) is 15.6. The minimum absolute atomic E-state index is 0.185. The third-order valence-corrected chi connectivity index (χ3v) is 3.49. The van der Waals surface area contributed by atoms with E-state index in [0.29, 0.717) is 6.42 Å². The van der Waals surface area contributed by atoms with Gasteiger partial charge >= 0.3 is 0 Å². The fourth-order valence-electron chi connectivity index (χ4n) is 2.46. The standard InChI is InChI=1S/C16H24N2O2/c1-4-16(19)18-10-8-17(9-11-18)14-6-5-7-15(12-14)20-13(2)3/h5-7,12-13H,4,8-11H2,1-3H3. The number of anilines is 1. The Morgan fingerprint density at radius 1 is 1.25 bits per heavy atom. The molecular formula is C16H24N2O2. The molecule has 0 spiro atoms. The van der Waals surface area contributed by atoms with E-state index in [0.717, 1.165) is 31.9 Å². The Bertz CT molecular complexity index is 452. The lowest BCUT2D eigenvalue weighted by Gasteiger charge is -2.36. The fraction of sp³-hybridized carbons (Fsp3) is 0.562. The lowest BCUT2D eigenvalue weighted by molar-refractivity contribution is -0.131. The minimum atomic E-state index is 0.185. The number of amides is 1. The molecule has 110 valence electrons. The number of benzene rings is 1. The van der Waals surface area contributed by atoms with Crippen molar-refractivity contribution >= 4 is 11.6 Å². The van der Waals surface area contributed by atoms with Crippen molar-refractivity contribution in [2.75, 3.05) is 31.1 Å². The van der Waals surface area contributed by atoms with Gasteiger partial charge in [0, 0.05) is 44.4 Å². The Morgan fingerprint density at radius 2 is 1.95 bits per heavy atom. The number of nitrogens with zero attached hydrogens (tertiary/aromatic N) is 2. The first-order valence-electron chi connectivity index (χ1n) is 7.39. The summed E-state index contributed by atoms with van der Waals surface area (Å²) in [6.07, 6.45) is 0.779. The van der Waals surface area contributed by atoms with E-state index in [-0.39, 0.29) is 12.0 Å². The second-order valence-corrected chi connectivity index (χ2v) is 5.39. The van der Waals surface area contributed by atoms with Crippen molar-refractivity contribution in [1.29, 1.82) is 0 Å². The summed E-state index contributed by atoms with van der Waals surface area (Å²) < 4.78 is 5.73. The summed E-state index contributed by atoms with van der Waals surface area (Å²) in [5.41, 5.74) is 1.17. The molecule has 0 saturated carbocycles. The summed E-state index contributed by atoms with van der Waals surface area (Å²) in [5.74, 6) is 1.16. The number of piperazine rings is 1. The predicted octanol–water partition coefficient (Wildman–Crippen LogP) is 2.53. The van der Waals surface area contributed by atoms with Gasteiger partial charge in [-0.25, -0.2) is 0 Å². The number of hydrogen-bond donors (Lipinski definition) is 0. The molecule has 1 aliphatic heterocycles. The Kier molecular flexibility index (Phi) is 4.88. The monoisotopic (exact) mass is 276 g/mol. The fourth-order valence-corrected chi connectivity index (χ4v) is 2.46. The van der Waals surface area contributed by atoms with E-state index in [1.54, 1.807) is 0 Å². The van der Waals surface area contributed by atoms with E-state index >= 15 is 0 Å². The van der Waals surface area contributed by atoms with Gasteiger partial charge in [-0.2, -0.15) is 0 Å². The Balaban J connectivity index is 1.98. The molecule has 0 aliphatic carbocycles. The van der Waals surface area contributed by atoms with Crippen LogP contribution in [0.25, 0.3) is 0 Å². The quantitative estimate of drug-likeness (QED) is 0.847. The number of carbonyl (C=O) groups is 1. The maximum absolute atomic E-state index is 11.7. The molecule has 0 radical (unpaired) electrons. The van der Waals surface area contributed by atoms with Crippen LogP contribution in [0.3, 0.4) is 0 Å². The average molecular weight is 276 g/mol. The summed E-state index contributed by atoms with van der Waals surface area (Å²) >= 11 is 0. The average Bonchev–Trinajstić information content (AvgIpc) is 2.46. The van der Waals surface area contributed by atoms with E-state index in [4.69, 9.17) is 4.74 Å². The summed E-state index contributed by atoms with van der Waals surface area (Å²) in [5, 5.41) is 0. The molecule has 1 fully saturated rings. The Morgan fingerprint density at radius 3 is 2.55 bits per heavy atom. The molecule has 1 saturated heterocycles. The molecule has 2 rings (SSSR count). The van der Waals surface area contributed by atoms with Crippen molar-refractivity contribution in [3.05, 3.63) is 24.3 Å². The second-order valence-electron chi connectivity index (χ2n) is 5.39. The number of ether oxygens (including phenoxy) is 1. The molecule has 1 heterocycles. The van der Waals surface area contributed by atoms with Gasteiger partial charge in [-0.15, -0.1) is 0 Å². The topological polar surface area (TPSA) is 32.8 Å². The molecule has 1 aromatic rings. The third-order valence-electron chi connectivity index (χ3n) is 3.49. The smallest absolute Gasteiger partial charge is 0.222 e. The lowest BCUT2D eigenvalue weighted by atomic mass is 10.2. The van der Waals surface area contributed by atoms with E-state index in [2.05, 4.69) is 17.0 Å². The molecule has 1 amide bonds. The second kappa shape index (κ2) is 6.64. The molecular weight excluding hydrogens is 252 g/mol.